The molecule has 1 atom stereocenters. The second-order valence-electron chi connectivity index (χ2n) is 6.74. The van der Waals surface area contributed by atoms with Crippen molar-refractivity contribution in [1.82, 2.24) is 14.9 Å². The fourth-order valence-corrected chi connectivity index (χ4v) is 3.56. The van der Waals surface area contributed by atoms with E-state index in [4.69, 9.17) is 21.3 Å². The number of hydrogen-bond donors (Lipinski definition) is 0. The molecule has 138 valence electrons. The molecule has 0 saturated carbocycles. The van der Waals surface area contributed by atoms with E-state index in [-0.39, 0.29) is 6.10 Å². The van der Waals surface area contributed by atoms with Crippen LogP contribution in [0.25, 0.3) is 0 Å². The molecule has 4 rings (SSSR count). The van der Waals surface area contributed by atoms with E-state index in [0.29, 0.717) is 6.61 Å². The molecule has 3 aromatic rings. The van der Waals surface area contributed by atoms with E-state index >= 15 is 0 Å². The molecule has 0 N–H and O–H groups in total. The van der Waals surface area contributed by atoms with Crippen molar-refractivity contribution in [3.63, 3.8) is 0 Å². The average Bonchev–Trinajstić information content (AvgIpc) is 2.71. The first-order chi connectivity index (χ1) is 13.3. The molecular weight excluding hydrogens is 358 g/mol. The standard InChI is InChI=1S/C22H22ClN3O/c23-20-9-2-1-6-17(20)14-18-8-5-10-21(25-18)22-16-26(12-13-27-22)15-19-7-3-4-11-24-19/h1-11,22H,12-16H2. The minimum Gasteiger partial charge on any atom is -0.369 e. The van der Waals surface area contributed by atoms with Crippen LogP contribution in [0.4, 0.5) is 0 Å². The molecule has 27 heavy (non-hydrogen) atoms. The Balaban J connectivity index is 1.45. The molecular formula is C22H22ClN3O. The summed E-state index contributed by atoms with van der Waals surface area (Å²) in [5.41, 5.74) is 4.15. The lowest BCUT2D eigenvalue weighted by Gasteiger charge is -2.32. The van der Waals surface area contributed by atoms with E-state index in [1.165, 1.54) is 0 Å². The summed E-state index contributed by atoms with van der Waals surface area (Å²) in [6.07, 6.45) is 2.54. The van der Waals surface area contributed by atoms with Gasteiger partial charge in [-0.2, -0.15) is 0 Å². The van der Waals surface area contributed by atoms with Gasteiger partial charge in [-0.15, -0.1) is 0 Å². The highest BCUT2D eigenvalue weighted by molar-refractivity contribution is 6.31. The van der Waals surface area contributed by atoms with E-state index in [1.807, 2.05) is 54.7 Å². The highest BCUT2D eigenvalue weighted by Gasteiger charge is 2.23. The quantitative estimate of drug-likeness (QED) is 0.662. The maximum absolute atomic E-state index is 6.29. The van der Waals surface area contributed by atoms with Crippen molar-refractivity contribution in [3.8, 4) is 0 Å². The zero-order chi connectivity index (χ0) is 18.5. The number of benzene rings is 1. The molecule has 1 aromatic carbocycles. The first kappa shape index (κ1) is 18.1. The predicted octanol–water partition coefficient (Wildman–Crippen LogP) is 4.29. The fourth-order valence-electron chi connectivity index (χ4n) is 3.36. The third-order valence-electron chi connectivity index (χ3n) is 4.75. The van der Waals surface area contributed by atoms with E-state index in [1.54, 1.807) is 0 Å². The number of hydrogen-bond acceptors (Lipinski definition) is 4. The normalized spacial score (nSPS) is 17.7. The Morgan fingerprint density at radius 3 is 2.70 bits per heavy atom. The van der Waals surface area contributed by atoms with Crippen LogP contribution in [0.15, 0.2) is 66.9 Å². The van der Waals surface area contributed by atoms with Crippen LogP contribution in [0.2, 0.25) is 5.02 Å². The molecule has 0 bridgehead atoms. The smallest absolute Gasteiger partial charge is 0.112 e. The van der Waals surface area contributed by atoms with Crippen molar-refractivity contribution >= 4 is 11.6 Å². The van der Waals surface area contributed by atoms with Gasteiger partial charge in [-0.1, -0.05) is 41.9 Å². The van der Waals surface area contributed by atoms with Gasteiger partial charge < -0.3 is 4.74 Å². The third-order valence-corrected chi connectivity index (χ3v) is 5.12. The molecule has 1 saturated heterocycles. The number of morpholine rings is 1. The number of ether oxygens (including phenoxy) is 1. The van der Waals surface area contributed by atoms with Crippen LogP contribution in [-0.4, -0.2) is 34.6 Å². The van der Waals surface area contributed by atoms with Gasteiger partial charge in [0.15, 0.2) is 0 Å². The molecule has 1 aliphatic heterocycles. The molecule has 1 aliphatic rings. The number of pyridine rings is 2. The minimum absolute atomic E-state index is 0.0198. The second kappa shape index (κ2) is 8.61. The predicted molar refractivity (Wildman–Crippen MR) is 107 cm³/mol. The lowest BCUT2D eigenvalue weighted by molar-refractivity contribution is -0.0354. The van der Waals surface area contributed by atoms with Crippen LogP contribution in [0.1, 0.15) is 28.7 Å². The maximum Gasteiger partial charge on any atom is 0.112 e. The van der Waals surface area contributed by atoms with E-state index in [2.05, 4.69) is 22.0 Å². The molecule has 0 radical (unpaired) electrons. The highest BCUT2D eigenvalue weighted by Crippen LogP contribution is 2.23. The van der Waals surface area contributed by atoms with Gasteiger partial charge in [0.05, 0.1) is 18.0 Å². The van der Waals surface area contributed by atoms with Crippen LogP contribution >= 0.6 is 11.6 Å². The van der Waals surface area contributed by atoms with E-state index < -0.39 is 0 Å². The van der Waals surface area contributed by atoms with Crippen molar-refractivity contribution in [2.45, 2.75) is 19.1 Å². The Morgan fingerprint density at radius 2 is 1.85 bits per heavy atom. The van der Waals surface area contributed by atoms with Gasteiger partial charge in [0.25, 0.3) is 0 Å². The Morgan fingerprint density at radius 1 is 1.00 bits per heavy atom. The number of aromatic nitrogens is 2. The van der Waals surface area contributed by atoms with Crippen LogP contribution in [-0.2, 0) is 17.7 Å². The van der Waals surface area contributed by atoms with Crippen LogP contribution < -0.4 is 0 Å². The average molecular weight is 380 g/mol. The van der Waals surface area contributed by atoms with Gasteiger partial charge in [-0.25, -0.2) is 0 Å². The molecule has 3 heterocycles. The molecule has 1 unspecified atom stereocenters. The lowest BCUT2D eigenvalue weighted by atomic mass is 10.1. The van der Waals surface area contributed by atoms with Crippen LogP contribution in [0, 0.1) is 0 Å². The van der Waals surface area contributed by atoms with Gasteiger partial charge in [0.1, 0.15) is 6.10 Å². The van der Waals surface area contributed by atoms with Crippen molar-refractivity contribution < 1.29 is 4.74 Å². The number of halogens is 1. The Hall–Kier alpha value is -2.27. The summed E-state index contributed by atoms with van der Waals surface area (Å²) in [5.74, 6) is 0. The molecule has 4 nitrogen and oxygen atoms in total. The molecule has 0 aliphatic carbocycles. The lowest BCUT2D eigenvalue weighted by Crippen LogP contribution is -2.38. The second-order valence-corrected chi connectivity index (χ2v) is 7.14. The monoisotopic (exact) mass is 379 g/mol. The fraction of sp³-hybridized carbons (Fsp3) is 0.273. The summed E-state index contributed by atoms with van der Waals surface area (Å²) in [5, 5.41) is 0.778. The van der Waals surface area contributed by atoms with Crippen molar-refractivity contribution in [3.05, 3.63) is 94.5 Å². The van der Waals surface area contributed by atoms with Gasteiger partial charge in [0.2, 0.25) is 0 Å². The number of rotatable bonds is 5. The summed E-state index contributed by atoms with van der Waals surface area (Å²) < 4.78 is 6.01. The van der Waals surface area contributed by atoms with Crippen molar-refractivity contribution in [2.24, 2.45) is 0 Å². The third kappa shape index (κ3) is 4.72. The SMILES string of the molecule is Clc1ccccc1Cc1cccc(C2CN(Cc3ccccn3)CCO2)n1. The Kier molecular flexibility index (Phi) is 5.78. The molecule has 2 aromatic heterocycles. The first-order valence-electron chi connectivity index (χ1n) is 9.21. The Labute approximate surface area is 164 Å². The summed E-state index contributed by atoms with van der Waals surface area (Å²) >= 11 is 6.29. The Bertz CT molecular complexity index is 887. The summed E-state index contributed by atoms with van der Waals surface area (Å²) in [4.78, 5) is 11.7. The topological polar surface area (TPSA) is 38.2 Å². The first-order valence-corrected chi connectivity index (χ1v) is 9.59. The molecule has 1 fully saturated rings. The minimum atomic E-state index is -0.0198. The largest absolute Gasteiger partial charge is 0.369 e. The maximum atomic E-state index is 6.29. The molecule has 5 heteroatoms. The summed E-state index contributed by atoms with van der Waals surface area (Å²) in [6, 6.07) is 20.1. The zero-order valence-corrected chi connectivity index (χ0v) is 15.8. The van der Waals surface area contributed by atoms with Crippen molar-refractivity contribution in [2.75, 3.05) is 19.7 Å². The summed E-state index contributed by atoms with van der Waals surface area (Å²) in [7, 11) is 0. The number of nitrogens with zero attached hydrogens (tertiary/aromatic N) is 3. The van der Waals surface area contributed by atoms with Crippen LogP contribution in [0.5, 0.6) is 0 Å². The van der Waals surface area contributed by atoms with E-state index in [0.717, 1.165) is 53.7 Å². The van der Waals surface area contributed by atoms with Crippen molar-refractivity contribution in [1.29, 1.82) is 0 Å². The van der Waals surface area contributed by atoms with Crippen LogP contribution in [0.3, 0.4) is 0 Å². The molecule has 0 amide bonds. The summed E-state index contributed by atoms with van der Waals surface area (Å²) in [6.45, 7) is 3.26. The zero-order valence-electron chi connectivity index (χ0n) is 15.1. The van der Waals surface area contributed by atoms with Gasteiger partial charge in [0, 0.05) is 43.0 Å². The van der Waals surface area contributed by atoms with Gasteiger partial charge >= 0.3 is 0 Å². The highest BCUT2D eigenvalue weighted by atomic mass is 35.5. The molecule has 0 spiro atoms. The van der Waals surface area contributed by atoms with Gasteiger partial charge in [-0.3, -0.25) is 14.9 Å². The van der Waals surface area contributed by atoms with E-state index in [9.17, 15) is 0 Å². The van der Waals surface area contributed by atoms with Gasteiger partial charge in [-0.05, 0) is 35.9 Å².